The summed E-state index contributed by atoms with van der Waals surface area (Å²) in [6.45, 7) is 3.91. The fraction of sp³-hybridized carbons (Fsp3) is 0.538. The Bertz CT molecular complexity index is 525. The molecule has 7 heteroatoms. The van der Waals surface area contributed by atoms with E-state index in [4.69, 9.17) is 9.84 Å². The number of carboxylic acids is 1. The van der Waals surface area contributed by atoms with Crippen LogP contribution in [0.15, 0.2) is 0 Å². The van der Waals surface area contributed by atoms with Crippen molar-refractivity contribution in [1.29, 1.82) is 5.26 Å². The van der Waals surface area contributed by atoms with E-state index in [0.29, 0.717) is 24.2 Å². The quantitative estimate of drug-likeness (QED) is 0.765. The van der Waals surface area contributed by atoms with Crippen LogP contribution in [-0.2, 0) is 22.4 Å². The maximum Gasteiger partial charge on any atom is 0.334 e. The van der Waals surface area contributed by atoms with Crippen LogP contribution < -0.4 is 5.32 Å². The molecule has 0 aliphatic rings. The standard InChI is InChI=1S/C13H18N4O3/c1-4-8-9(6-14)12(17-16-10(8)5-2)15-7-11(20-3)13(18)19/h11H,4-5,7H2,1-3H3,(H,15,17)(H,18,19). The summed E-state index contributed by atoms with van der Waals surface area (Å²) in [6.07, 6.45) is 0.364. The molecule has 0 amide bonds. The molecule has 0 fully saturated rings. The Morgan fingerprint density at radius 2 is 2.15 bits per heavy atom. The summed E-state index contributed by atoms with van der Waals surface area (Å²) >= 11 is 0. The fourth-order valence-corrected chi connectivity index (χ4v) is 1.88. The van der Waals surface area contributed by atoms with Gasteiger partial charge in [-0.1, -0.05) is 13.8 Å². The monoisotopic (exact) mass is 278 g/mol. The Labute approximate surface area is 117 Å². The second-order valence-corrected chi connectivity index (χ2v) is 4.11. The van der Waals surface area contributed by atoms with Crippen LogP contribution in [0.4, 0.5) is 5.82 Å². The van der Waals surface area contributed by atoms with Gasteiger partial charge in [0.05, 0.1) is 12.2 Å². The van der Waals surface area contributed by atoms with Crippen molar-refractivity contribution in [2.45, 2.75) is 32.8 Å². The molecule has 0 radical (unpaired) electrons. The van der Waals surface area contributed by atoms with Gasteiger partial charge in [0.1, 0.15) is 11.6 Å². The Hall–Kier alpha value is -2.20. The van der Waals surface area contributed by atoms with Crippen molar-refractivity contribution in [3.05, 3.63) is 16.8 Å². The second-order valence-electron chi connectivity index (χ2n) is 4.11. The van der Waals surface area contributed by atoms with Gasteiger partial charge in [0.2, 0.25) is 0 Å². The van der Waals surface area contributed by atoms with Crippen molar-refractivity contribution in [2.75, 3.05) is 19.0 Å². The average Bonchev–Trinajstić information content (AvgIpc) is 2.46. The summed E-state index contributed by atoms with van der Waals surface area (Å²) in [5, 5.41) is 29.0. The molecule has 1 rings (SSSR count). The van der Waals surface area contributed by atoms with Crippen molar-refractivity contribution < 1.29 is 14.6 Å². The molecular weight excluding hydrogens is 260 g/mol. The Morgan fingerprint density at radius 3 is 2.60 bits per heavy atom. The molecule has 108 valence electrons. The highest BCUT2D eigenvalue weighted by Crippen LogP contribution is 2.19. The van der Waals surface area contributed by atoms with Gasteiger partial charge < -0.3 is 15.2 Å². The van der Waals surface area contributed by atoms with Crippen molar-refractivity contribution >= 4 is 11.8 Å². The third-order valence-corrected chi connectivity index (χ3v) is 2.97. The molecule has 0 saturated heterocycles. The first-order valence-corrected chi connectivity index (χ1v) is 6.36. The van der Waals surface area contributed by atoms with E-state index in [1.54, 1.807) is 0 Å². The zero-order valence-electron chi connectivity index (χ0n) is 11.8. The SMILES string of the molecule is CCc1nnc(NCC(OC)C(=O)O)c(C#N)c1CC. The van der Waals surface area contributed by atoms with Crippen molar-refractivity contribution in [1.82, 2.24) is 10.2 Å². The fourth-order valence-electron chi connectivity index (χ4n) is 1.88. The van der Waals surface area contributed by atoms with Crippen LogP contribution >= 0.6 is 0 Å². The number of rotatable bonds is 7. The summed E-state index contributed by atoms with van der Waals surface area (Å²) in [5.41, 5.74) is 2.05. The smallest absolute Gasteiger partial charge is 0.334 e. The highest BCUT2D eigenvalue weighted by molar-refractivity contribution is 5.73. The molecule has 0 saturated carbocycles. The van der Waals surface area contributed by atoms with Gasteiger partial charge in [-0.25, -0.2) is 4.79 Å². The van der Waals surface area contributed by atoms with Gasteiger partial charge in [0.15, 0.2) is 11.9 Å². The first-order valence-electron chi connectivity index (χ1n) is 6.36. The number of aliphatic carboxylic acids is 1. The number of ether oxygens (including phenoxy) is 1. The molecule has 0 aliphatic heterocycles. The van der Waals surface area contributed by atoms with Crippen molar-refractivity contribution in [3.63, 3.8) is 0 Å². The van der Waals surface area contributed by atoms with Crippen LogP contribution in [0, 0.1) is 11.3 Å². The largest absolute Gasteiger partial charge is 0.479 e. The van der Waals surface area contributed by atoms with E-state index in [9.17, 15) is 10.1 Å². The number of hydrogen-bond donors (Lipinski definition) is 2. The van der Waals surface area contributed by atoms with Crippen LogP contribution in [0.25, 0.3) is 0 Å². The number of carbonyl (C=O) groups is 1. The van der Waals surface area contributed by atoms with Crippen LogP contribution in [0.2, 0.25) is 0 Å². The topological polar surface area (TPSA) is 108 Å². The first-order chi connectivity index (χ1) is 9.58. The van der Waals surface area contributed by atoms with Crippen molar-refractivity contribution in [2.24, 2.45) is 0 Å². The molecule has 0 bridgehead atoms. The van der Waals surface area contributed by atoms with E-state index >= 15 is 0 Å². The van der Waals surface area contributed by atoms with Gasteiger partial charge >= 0.3 is 5.97 Å². The molecular formula is C13H18N4O3. The van der Waals surface area contributed by atoms with E-state index in [1.807, 2.05) is 13.8 Å². The summed E-state index contributed by atoms with van der Waals surface area (Å²) < 4.78 is 4.82. The number of aryl methyl sites for hydroxylation is 1. The lowest BCUT2D eigenvalue weighted by Gasteiger charge is -2.14. The Kier molecular flexibility index (Phi) is 5.87. The minimum atomic E-state index is -1.08. The predicted molar refractivity (Wildman–Crippen MR) is 72.4 cm³/mol. The van der Waals surface area contributed by atoms with Crippen LogP contribution in [0.3, 0.4) is 0 Å². The maximum atomic E-state index is 10.9. The van der Waals surface area contributed by atoms with Crippen LogP contribution in [0.5, 0.6) is 0 Å². The Balaban J connectivity index is 3.02. The molecule has 0 aromatic carbocycles. The number of methoxy groups -OCH3 is 1. The average molecular weight is 278 g/mol. The molecule has 1 aromatic heterocycles. The minimum Gasteiger partial charge on any atom is -0.479 e. The van der Waals surface area contributed by atoms with E-state index < -0.39 is 12.1 Å². The van der Waals surface area contributed by atoms with E-state index in [0.717, 1.165) is 11.3 Å². The van der Waals surface area contributed by atoms with Gasteiger partial charge in [0, 0.05) is 7.11 Å². The van der Waals surface area contributed by atoms with Crippen LogP contribution in [0.1, 0.15) is 30.7 Å². The van der Waals surface area contributed by atoms with Crippen molar-refractivity contribution in [3.8, 4) is 6.07 Å². The lowest BCUT2D eigenvalue weighted by Crippen LogP contribution is -2.31. The number of carboxylic acid groups (broad SMARTS) is 1. The summed E-state index contributed by atoms with van der Waals surface area (Å²) in [7, 11) is 1.31. The maximum absolute atomic E-state index is 10.9. The highest BCUT2D eigenvalue weighted by Gasteiger charge is 2.19. The van der Waals surface area contributed by atoms with Crippen LogP contribution in [-0.4, -0.2) is 41.0 Å². The van der Waals surface area contributed by atoms with Gasteiger partial charge in [0.25, 0.3) is 0 Å². The molecule has 7 nitrogen and oxygen atoms in total. The summed E-state index contributed by atoms with van der Waals surface area (Å²) in [6, 6.07) is 2.11. The molecule has 1 unspecified atom stereocenters. The number of anilines is 1. The van der Waals surface area contributed by atoms with Gasteiger partial charge in [-0.15, -0.1) is 5.10 Å². The Morgan fingerprint density at radius 1 is 1.45 bits per heavy atom. The lowest BCUT2D eigenvalue weighted by molar-refractivity contribution is -0.147. The molecule has 1 heterocycles. The molecule has 20 heavy (non-hydrogen) atoms. The molecule has 1 aromatic rings. The zero-order valence-corrected chi connectivity index (χ0v) is 11.8. The van der Waals surface area contributed by atoms with E-state index in [-0.39, 0.29) is 6.54 Å². The number of nitrogens with zero attached hydrogens (tertiary/aromatic N) is 3. The van der Waals surface area contributed by atoms with E-state index in [1.165, 1.54) is 7.11 Å². The third-order valence-electron chi connectivity index (χ3n) is 2.97. The number of hydrogen-bond acceptors (Lipinski definition) is 6. The lowest BCUT2D eigenvalue weighted by atomic mass is 10.0. The highest BCUT2D eigenvalue weighted by atomic mass is 16.5. The third kappa shape index (κ3) is 3.42. The number of nitrogens with one attached hydrogen (secondary N) is 1. The normalized spacial score (nSPS) is 11.7. The zero-order chi connectivity index (χ0) is 15.1. The number of aromatic nitrogens is 2. The molecule has 0 aliphatic carbocycles. The second kappa shape index (κ2) is 7.40. The number of nitriles is 1. The minimum absolute atomic E-state index is 0.0177. The van der Waals surface area contributed by atoms with Gasteiger partial charge in [-0.2, -0.15) is 10.4 Å². The van der Waals surface area contributed by atoms with E-state index in [2.05, 4.69) is 21.6 Å². The molecule has 1 atom stereocenters. The molecule has 2 N–H and O–H groups in total. The van der Waals surface area contributed by atoms with Gasteiger partial charge in [-0.3, -0.25) is 0 Å². The summed E-state index contributed by atoms with van der Waals surface area (Å²) in [4.78, 5) is 10.9. The first kappa shape index (κ1) is 15.9. The summed E-state index contributed by atoms with van der Waals surface area (Å²) in [5.74, 6) is -0.780. The van der Waals surface area contributed by atoms with Gasteiger partial charge in [-0.05, 0) is 18.4 Å². The molecule has 0 spiro atoms. The predicted octanol–water partition coefficient (Wildman–Crippen LogP) is 0.985.